The first kappa shape index (κ1) is 16.8. The number of nitrogens with zero attached hydrogens (tertiary/aromatic N) is 4. The zero-order valence-corrected chi connectivity index (χ0v) is 15.3. The Morgan fingerprint density at radius 1 is 1.25 bits per heavy atom. The van der Waals surface area contributed by atoms with Crippen molar-refractivity contribution in [3.63, 3.8) is 0 Å². The molecule has 3 rings (SSSR count). The molecule has 0 fully saturated rings. The molecule has 0 bridgehead atoms. The second-order valence-corrected chi connectivity index (χ2v) is 7.30. The first-order chi connectivity index (χ1) is 11.5. The molecule has 0 unspecified atom stereocenters. The lowest BCUT2D eigenvalue weighted by molar-refractivity contribution is 0.360. The molecular formula is C18H22N4OS. The van der Waals surface area contributed by atoms with Crippen molar-refractivity contribution >= 4 is 11.8 Å². The first-order valence-electron chi connectivity index (χ1n) is 8.08. The average Bonchev–Trinajstić information content (AvgIpc) is 3.16. The van der Waals surface area contributed by atoms with Gasteiger partial charge in [0.15, 0.2) is 11.0 Å². The Morgan fingerprint density at radius 2 is 2.08 bits per heavy atom. The standard InChI is InChI=1S/C18H22N4OS/c1-12(2)9-17-20-16(21-23-17)11-24-18-19-7-8-22(18)15-10-13(3)5-6-14(15)4/h5-8,10,12H,9,11H2,1-4H3. The Kier molecular flexibility index (Phi) is 5.04. The largest absolute Gasteiger partial charge is 0.339 e. The fourth-order valence-electron chi connectivity index (χ4n) is 2.47. The van der Waals surface area contributed by atoms with Crippen molar-refractivity contribution in [3.05, 3.63) is 53.4 Å². The van der Waals surface area contributed by atoms with E-state index in [-0.39, 0.29) is 0 Å². The maximum absolute atomic E-state index is 5.29. The molecule has 0 aliphatic rings. The molecule has 3 aromatic rings. The fraction of sp³-hybridized carbons (Fsp3) is 0.389. The molecular weight excluding hydrogens is 320 g/mol. The van der Waals surface area contributed by atoms with Gasteiger partial charge in [0.05, 0.1) is 11.4 Å². The zero-order chi connectivity index (χ0) is 17.1. The van der Waals surface area contributed by atoms with Crippen LogP contribution in [0.25, 0.3) is 5.69 Å². The van der Waals surface area contributed by atoms with Gasteiger partial charge in [0.25, 0.3) is 0 Å². The topological polar surface area (TPSA) is 56.7 Å². The highest BCUT2D eigenvalue weighted by molar-refractivity contribution is 7.98. The highest BCUT2D eigenvalue weighted by atomic mass is 32.2. The van der Waals surface area contributed by atoms with E-state index in [1.54, 1.807) is 11.8 Å². The van der Waals surface area contributed by atoms with E-state index in [0.717, 1.165) is 17.3 Å². The summed E-state index contributed by atoms with van der Waals surface area (Å²) in [5.41, 5.74) is 3.61. The van der Waals surface area contributed by atoms with E-state index in [1.165, 1.54) is 11.1 Å². The van der Waals surface area contributed by atoms with E-state index in [9.17, 15) is 0 Å². The monoisotopic (exact) mass is 342 g/mol. The molecule has 6 heteroatoms. The molecule has 0 aliphatic heterocycles. The lowest BCUT2D eigenvalue weighted by atomic mass is 10.1. The molecule has 0 spiro atoms. The Hall–Kier alpha value is -2.08. The van der Waals surface area contributed by atoms with Gasteiger partial charge < -0.3 is 4.52 Å². The van der Waals surface area contributed by atoms with Crippen molar-refractivity contribution in [2.24, 2.45) is 5.92 Å². The molecule has 0 saturated heterocycles. The number of rotatable bonds is 6. The molecule has 0 N–H and O–H groups in total. The van der Waals surface area contributed by atoms with Gasteiger partial charge in [-0.25, -0.2) is 4.98 Å². The highest BCUT2D eigenvalue weighted by Gasteiger charge is 2.12. The van der Waals surface area contributed by atoms with Crippen LogP contribution in [0.2, 0.25) is 0 Å². The van der Waals surface area contributed by atoms with Crippen LogP contribution in [-0.2, 0) is 12.2 Å². The number of imidazole rings is 1. The smallest absolute Gasteiger partial charge is 0.226 e. The molecule has 0 amide bonds. The summed E-state index contributed by atoms with van der Waals surface area (Å²) in [4.78, 5) is 8.92. The summed E-state index contributed by atoms with van der Waals surface area (Å²) in [5, 5.41) is 4.99. The summed E-state index contributed by atoms with van der Waals surface area (Å²) < 4.78 is 7.41. The summed E-state index contributed by atoms with van der Waals surface area (Å²) >= 11 is 1.62. The SMILES string of the molecule is Cc1ccc(C)c(-n2ccnc2SCc2noc(CC(C)C)n2)c1. The number of thioether (sulfide) groups is 1. The van der Waals surface area contributed by atoms with Gasteiger partial charge in [-0.2, -0.15) is 4.98 Å². The minimum Gasteiger partial charge on any atom is -0.339 e. The van der Waals surface area contributed by atoms with Crippen molar-refractivity contribution in [2.45, 2.75) is 45.0 Å². The minimum absolute atomic E-state index is 0.508. The van der Waals surface area contributed by atoms with E-state index in [0.29, 0.717) is 23.4 Å². The quantitative estimate of drug-likeness (QED) is 0.623. The van der Waals surface area contributed by atoms with Crippen molar-refractivity contribution in [3.8, 4) is 5.69 Å². The van der Waals surface area contributed by atoms with Gasteiger partial charge in [-0.05, 0) is 37.0 Å². The Labute approximate surface area is 146 Å². The molecule has 5 nitrogen and oxygen atoms in total. The number of hydrogen-bond donors (Lipinski definition) is 0. The molecule has 126 valence electrons. The summed E-state index contributed by atoms with van der Waals surface area (Å²) in [5.74, 6) is 2.57. The van der Waals surface area contributed by atoms with Crippen LogP contribution in [0.5, 0.6) is 0 Å². The molecule has 0 radical (unpaired) electrons. The van der Waals surface area contributed by atoms with Crippen molar-refractivity contribution < 1.29 is 4.52 Å². The summed E-state index contributed by atoms with van der Waals surface area (Å²) in [7, 11) is 0. The Balaban J connectivity index is 1.74. The highest BCUT2D eigenvalue weighted by Crippen LogP contribution is 2.25. The predicted octanol–water partition coefficient (Wildman–Crippen LogP) is 4.36. The van der Waals surface area contributed by atoms with Gasteiger partial charge >= 0.3 is 0 Å². The molecule has 24 heavy (non-hydrogen) atoms. The van der Waals surface area contributed by atoms with Crippen LogP contribution in [-0.4, -0.2) is 19.7 Å². The van der Waals surface area contributed by atoms with Crippen molar-refractivity contribution in [1.82, 2.24) is 19.7 Å². The van der Waals surface area contributed by atoms with Gasteiger partial charge in [-0.3, -0.25) is 4.57 Å². The Bertz CT molecular complexity index is 822. The second-order valence-electron chi connectivity index (χ2n) is 6.36. The normalized spacial score (nSPS) is 11.4. The summed E-state index contributed by atoms with van der Waals surface area (Å²) in [6, 6.07) is 6.44. The number of benzene rings is 1. The third-order valence-corrected chi connectivity index (χ3v) is 4.62. The van der Waals surface area contributed by atoms with Crippen LogP contribution >= 0.6 is 11.8 Å². The first-order valence-corrected chi connectivity index (χ1v) is 9.06. The lowest BCUT2D eigenvalue weighted by Gasteiger charge is -2.10. The molecule has 0 atom stereocenters. The van der Waals surface area contributed by atoms with Crippen LogP contribution in [0, 0.1) is 19.8 Å². The number of aryl methyl sites for hydroxylation is 2. The molecule has 0 saturated carbocycles. The minimum atomic E-state index is 0.508. The molecule has 1 aromatic carbocycles. The van der Waals surface area contributed by atoms with Gasteiger partial charge in [0, 0.05) is 18.8 Å². The van der Waals surface area contributed by atoms with E-state index in [4.69, 9.17) is 4.52 Å². The maximum Gasteiger partial charge on any atom is 0.226 e. The van der Waals surface area contributed by atoms with Crippen molar-refractivity contribution in [2.75, 3.05) is 0 Å². The molecule has 2 heterocycles. The third kappa shape index (κ3) is 3.87. The van der Waals surface area contributed by atoms with Gasteiger partial charge in [0.1, 0.15) is 0 Å². The van der Waals surface area contributed by atoms with E-state index < -0.39 is 0 Å². The molecule has 2 aromatic heterocycles. The van der Waals surface area contributed by atoms with Crippen LogP contribution in [0.3, 0.4) is 0 Å². The average molecular weight is 342 g/mol. The number of aromatic nitrogens is 4. The van der Waals surface area contributed by atoms with Crippen LogP contribution in [0.4, 0.5) is 0 Å². The van der Waals surface area contributed by atoms with Crippen molar-refractivity contribution in [1.29, 1.82) is 0 Å². The zero-order valence-electron chi connectivity index (χ0n) is 14.5. The van der Waals surface area contributed by atoms with Gasteiger partial charge in [-0.15, -0.1) is 0 Å². The molecule has 0 aliphatic carbocycles. The summed E-state index contributed by atoms with van der Waals surface area (Å²) in [6.07, 6.45) is 4.63. The second kappa shape index (κ2) is 7.21. The summed E-state index contributed by atoms with van der Waals surface area (Å²) in [6.45, 7) is 8.49. The van der Waals surface area contributed by atoms with Crippen LogP contribution in [0.1, 0.15) is 36.7 Å². The van der Waals surface area contributed by atoms with Crippen LogP contribution in [0.15, 0.2) is 40.3 Å². The maximum atomic E-state index is 5.29. The van der Waals surface area contributed by atoms with E-state index in [1.807, 2.05) is 12.4 Å². The fourth-order valence-corrected chi connectivity index (χ4v) is 3.28. The van der Waals surface area contributed by atoms with Gasteiger partial charge in [0.2, 0.25) is 5.89 Å². The van der Waals surface area contributed by atoms with Crippen LogP contribution < -0.4 is 0 Å². The van der Waals surface area contributed by atoms with Gasteiger partial charge in [-0.1, -0.05) is 42.9 Å². The third-order valence-electron chi connectivity index (χ3n) is 3.65. The van der Waals surface area contributed by atoms with E-state index >= 15 is 0 Å². The number of hydrogen-bond acceptors (Lipinski definition) is 5. The predicted molar refractivity (Wildman–Crippen MR) is 95.4 cm³/mol. The van der Waals surface area contributed by atoms with E-state index in [2.05, 4.69) is 65.6 Å². The Morgan fingerprint density at radius 3 is 2.88 bits per heavy atom. The lowest BCUT2D eigenvalue weighted by Crippen LogP contribution is -1.99.